The van der Waals surface area contributed by atoms with E-state index in [-0.39, 0.29) is 10.8 Å². The van der Waals surface area contributed by atoms with E-state index in [1.807, 2.05) is 0 Å². The summed E-state index contributed by atoms with van der Waals surface area (Å²) in [5.41, 5.74) is 0. The fraction of sp³-hybridized carbons (Fsp3) is 0.250. The summed E-state index contributed by atoms with van der Waals surface area (Å²) in [6.45, 7) is 1.24. The summed E-state index contributed by atoms with van der Waals surface area (Å²) in [6.07, 6.45) is 1.38. The molecule has 0 saturated heterocycles. The van der Waals surface area contributed by atoms with E-state index in [0.29, 0.717) is 0 Å². The van der Waals surface area contributed by atoms with E-state index in [1.165, 1.54) is 19.2 Å². The summed E-state index contributed by atoms with van der Waals surface area (Å²) in [5, 5.41) is -0.0507. The molecule has 4 nitrogen and oxygen atoms in total. The van der Waals surface area contributed by atoms with Gasteiger partial charge in [0.1, 0.15) is 11.5 Å². The lowest BCUT2D eigenvalue weighted by Crippen LogP contribution is -2.14. The molecule has 0 unspecified atom stereocenters. The molecule has 0 aliphatic heterocycles. The van der Waals surface area contributed by atoms with Crippen LogP contribution < -0.4 is 0 Å². The third-order valence-electron chi connectivity index (χ3n) is 1.35. The van der Waals surface area contributed by atoms with Gasteiger partial charge in [0.05, 0.1) is 0 Å². The van der Waals surface area contributed by atoms with Crippen molar-refractivity contribution in [2.75, 3.05) is 5.75 Å². The Bertz CT molecular complexity index is 397. The Kier molecular flexibility index (Phi) is 2.77. The van der Waals surface area contributed by atoms with E-state index in [1.54, 1.807) is 12.1 Å². The Morgan fingerprint density at radius 1 is 1.46 bits per heavy atom. The predicted octanol–water partition coefficient (Wildman–Crippen LogP) is 0.444. The SMILES string of the molecule is CC(=O)CS(=O)(=O)c1ccccn1. The second-order valence-corrected chi connectivity index (χ2v) is 4.57. The molecule has 0 atom stereocenters. The van der Waals surface area contributed by atoms with Crippen LogP contribution in [0, 0.1) is 0 Å². The van der Waals surface area contributed by atoms with Gasteiger partial charge >= 0.3 is 0 Å². The first-order valence-electron chi connectivity index (χ1n) is 3.65. The van der Waals surface area contributed by atoms with Gasteiger partial charge in [0.2, 0.25) is 9.84 Å². The lowest BCUT2D eigenvalue weighted by atomic mass is 10.5. The van der Waals surface area contributed by atoms with Crippen LogP contribution >= 0.6 is 0 Å². The van der Waals surface area contributed by atoms with Crippen LogP contribution in [0.15, 0.2) is 29.4 Å². The number of nitrogens with zero attached hydrogens (tertiary/aromatic N) is 1. The third kappa shape index (κ3) is 2.62. The van der Waals surface area contributed by atoms with Gasteiger partial charge in [-0.25, -0.2) is 13.4 Å². The molecule has 0 aromatic carbocycles. The average molecular weight is 199 g/mol. The maximum absolute atomic E-state index is 11.4. The number of ketones is 1. The molecule has 0 bridgehead atoms. The summed E-state index contributed by atoms with van der Waals surface area (Å²) in [5.74, 6) is -0.866. The number of aromatic nitrogens is 1. The van der Waals surface area contributed by atoms with Crippen LogP contribution in [0.3, 0.4) is 0 Å². The largest absolute Gasteiger partial charge is 0.299 e. The van der Waals surface area contributed by atoms with Crippen LogP contribution in [0.4, 0.5) is 0 Å². The maximum atomic E-state index is 11.4. The normalized spacial score (nSPS) is 11.2. The molecule has 1 aromatic rings. The van der Waals surface area contributed by atoms with Crippen LogP contribution in [0.1, 0.15) is 6.92 Å². The summed E-state index contributed by atoms with van der Waals surface area (Å²) in [7, 11) is -3.52. The zero-order valence-corrected chi connectivity index (χ0v) is 7.91. The highest BCUT2D eigenvalue weighted by Crippen LogP contribution is 2.05. The highest BCUT2D eigenvalue weighted by Gasteiger charge is 2.17. The predicted molar refractivity (Wildman–Crippen MR) is 47.0 cm³/mol. The zero-order chi connectivity index (χ0) is 9.90. The molecule has 0 radical (unpaired) electrons. The van der Waals surface area contributed by atoms with Crippen molar-refractivity contribution in [3.63, 3.8) is 0 Å². The van der Waals surface area contributed by atoms with Gasteiger partial charge in [-0.05, 0) is 19.1 Å². The number of carbonyl (C=O) groups excluding carboxylic acids is 1. The molecule has 1 rings (SSSR count). The molecular formula is C8H9NO3S. The molecule has 13 heavy (non-hydrogen) atoms. The first-order chi connectivity index (χ1) is 6.02. The number of sulfone groups is 1. The molecule has 0 N–H and O–H groups in total. The lowest BCUT2D eigenvalue weighted by Gasteiger charge is -1.98. The van der Waals surface area contributed by atoms with Gasteiger partial charge in [-0.2, -0.15) is 0 Å². The molecule has 0 amide bonds. The van der Waals surface area contributed by atoms with Crippen LogP contribution in [0.2, 0.25) is 0 Å². The molecule has 1 aromatic heterocycles. The van der Waals surface area contributed by atoms with E-state index in [9.17, 15) is 13.2 Å². The van der Waals surface area contributed by atoms with Crippen molar-refractivity contribution < 1.29 is 13.2 Å². The quantitative estimate of drug-likeness (QED) is 0.708. The van der Waals surface area contributed by atoms with Crippen molar-refractivity contribution in [2.24, 2.45) is 0 Å². The number of carbonyl (C=O) groups is 1. The maximum Gasteiger partial charge on any atom is 0.202 e. The highest BCUT2D eigenvalue weighted by atomic mass is 32.2. The molecule has 0 aliphatic rings. The molecule has 70 valence electrons. The smallest absolute Gasteiger partial charge is 0.202 e. The van der Waals surface area contributed by atoms with Crippen LogP contribution in [0.5, 0.6) is 0 Å². The van der Waals surface area contributed by atoms with E-state index < -0.39 is 15.6 Å². The van der Waals surface area contributed by atoms with Gasteiger partial charge in [-0.3, -0.25) is 4.79 Å². The fourth-order valence-corrected chi connectivity index (χ4v) is 2.06. The van der Waals surface area contributed by atoms with Gasteiger partial charge in [0.25, 0.3) is 0 Å². The second-order valence-electron chi connectivity index (χ2n) is 2.63. The Hall–Kier alpha value is -1.23. The minimum Gasteiger partial charge on any atom is -0.299 e. The van der Waals surface area contributed by atoms with Gasteiger partial charge in [-0.1, -0.05) is 6.07 Å². The summed E-state index contributed by atoms with van der Waals surface area (Å²) >= 11 is 0. The Morgan fingerprint density at radius 3 is 2.62 bits per heavy atom. The first-order valence-corrected chi connectivity index (χ1v) is 5.31. The molecule has 0 aliphatic carbocycles. The first kappa shape index (κ1) is 9.85. The Morgan fingerprint density at radius 2 is 2.15 bits per heavy atom. The van der Waals surface area contributed by atoms with Crippen molar-refractivity contribution in [3.8, 4) is 0 Å². The van der Waals surface area contributed by atoms with Gasteiger partial charge in [-0.15, -0.1) is 0 Å². The van der Waals surface area contributed by atoms with Crippen molar-refractivity contribution in [2.45, 2.75) is 11.9 Å². The number of hydrogen-bond acceptors (Lipinski definition) is 4. The van der Waals surface area contributed by atoms with Crippen LogP contribution in [-0.2, 0) is 14.6 Å². The van der Waals surface area contributed by atoms with Gasteiger partial charge < -0.3 is 0 Å². The van der Waals surface area contributed by atoms with E-state index >= 15 is 0 Å². The van der Waals surface area contributed by atoms with E-state index in [2.05, 4.69) is 4.98 Å². The van der Waals surface area contributed by atoms with Crippen molar-refractivity contribution in [1.29, 1.82) is 0 Å². The summed E-state index contributed by atoms with van der Waals surface area (Å²) in [4.78, 5) is 14.3. The number of Topliss-reactive ketones (excluding diaryl/α,β-unsaturated/α-hetero) is 1. The fourth-order valence-electron chi connectivity index (χ4n) is 0.873. The van der Waals surface area contributed by atoms with Gasteiger partial charge in [0.15, 0.2) is 5.03 Å². The molecule has 0 fully saturated rings. The van der Waals surface area contributed by atoms with E-state index in [0.717, 1.165) is 0 Å². The number of rotatable bonds is 3. The highest BCUT2D eigenvalue weighted by molar-refractivity contribution is 7.92. The number of hydrogen-bond donors (Lipinski definition) is 0. The minimum absolute atomic E-state index is 0.0507. The van der Waals surface area contributed by atoms with Crippen LogP contribution in [-0.4, -0.2) is 24.9 Å². The standard InChI is InChI=1S/C8H9NO3S/c1-7(10)6-13(11,12)8-4-2-3-5-9-8/h2-5H,6H2,1H3. The topological polar surface area (TPSA) is 64.1 Å². The van der Waals surface area contributed by atoms with E-state index in [4.69, 9.17) is 0 Å². The van der Waals surface area contributed by atoms with Gasteiger partial charge in [0, 0.05) is 6.20 Å². The summed E-state index contributed by atoms with van der Waals surface area (Å²) < 4.78 is 22.7. The Balaban J connectivity index is 3.02. The Labute approximate surface area is 76.5 Å². The molecular weight excluding hydrogens is 190 g/mol. The summed E-state index contributed by atoms with van der Waals surface area (Å²) in [6, 6.07) is 4.56. The lowest BCUT2D eigenvalue weighted by molar-refractivity contribution is -0.114. The van der Waals surface area contributed by atoms with Crippen molar-refractivity contribution in [1.82, 2.24) is 4.98 Å². The third-order valence-corrected chi connectivity index (χ3v) is 3.02. The second kappa shape index (κ2) is 3.66. The average Bonchev–Trinajstić information content (AvgIpc) is 2.04. The minimum atomic E-state index is -3.52. The molecule has 1 heterocycles. The monoisotopic (exact) mass is 199 g/mol. The van der Waals surface area contributed by atoms with Crippen molar-refractivity contribution in [3.05, 3.63) is 24.4 Å². The molecule has 5 heteroatoms. The molecule has 0 saturated carbocycles. The zero-order valence-electron chi connectivity index (χ0n) is 7.10. The van der Waals surface area contributed by atoms with Crippen molar-refractivity contribution >= 4 is 15.6 Å². The number of pyridine rings is 1. The van der Waals surface area contributed by atoms with Crippen LogP contribution in [0.25, 0.3) is 0 Å². The molecule has 0 spiro atoms.